The number of rotatable bonds is 11. The molecule has 9 nitrogen and oxygen atoms in total. The van der Waals surface area contributed by atoms with Crippen LogP contribution in [0.2, 0.25) is 0 Å². The van der Waals surface area contributed by atoms with E-state index in [0.717, 1.165) is 27.6 Å². The van der Waals surface area contributed by atoms with Crippen LogP contribution in [0.15, 0.2) is 71.6 Å². The van der Waals surface area contributed by atoms with Gasteiger partial charge in [-0.3, -0.25) is 13.9 Å². The van der Waals surface area contributed by atoms with Crippen LogP contribution in [0.25, 0.3) is 0 Å². The van der Waals surface area contributed by atoms with E-state index >= 15 is 0 Å². The molecule has 3 aromatic rings. The van der Waals surface area contributed by atoms with Crippen LogP contribution >= 0.6 is 0 Å². The standard InChI is InChI=1S/C31H38FN3O6S/c1-21-10-8-9-11-23(21)19-34(22(2)30(37)33-31(3,4)5)29(36)20-35(25-14-12-24(32)13-15-25)42(38,39)26-16-17-27(40-6)28(18-26)41-7/h8-18,22H,19-20H2,1-7H3,(H,33,37)/t22-/m1/s1. The van der Waals surface area contributed by atoms with Crippen LogP contribution in [-0.4, -0.2) is 57.5 Å². The Bertz CT molecular complexity index is 1520. The number of nitrogens with one attached hydrogen (secondary N) is 1. The van der Waals surface area contributed by atoms with E-state index in [4.69, 9.17) is 9.47 Å². The van der Waals surface area contributed by atoms with Gasteiger partial charge in [-0.1, -0.05) is 24.3 Å². The Morgan fingerprint density at radius 2 is 1.57 bits per heavy atom. The Morgan fingerprint density at radius 1 is 0.952 bits per heavy atom. The Balaban J connectivity index is 2.09. The Hall–Kier alpha value is -4.12. The quantitative estimate of drug-likeness (QED) is 0.343. The number of carbonyl (C=O) groups excluding carboxylic acids is 2. The molecule has 0 radical (unpaired) electrons. The number of anilines is 1. The average molecular weight is 600 g/mol. The van der Waals surface area contributed by atoms with Crippen molar-refractivity contribution < 1.29 is 31.9 Å². The van der Waals surface area contributed by atoms with Gasteiger partial charge in [-0.25, -0.2) is 12.8 Å². The first-order valence-electron chi connectivity index (χ1n) is 13.3. The predicted octanol–water partition coefficient (Wildman–Crippen LogP) is 4.68. The van der Waals surface area contributed by atoms with Crippen LogP contribution in [0.1, 0.15) is 38.8 Å². The molecule has 0 bridgehead atoms. The van der Waals surface area contributed by atoms with Gasteiger partial charge in [0, 0.05) is 18.2 Å². The number of nitrogens with zero attached hydrogens (tertiary/aromatic N) is 2. The molecule has 0 aliphatic rings. The number of carbonyl (C=O) groups is 2. The van der Waals surface area contributed by atoms with Crippen LogP contribution in [-0.2, 0) is 26.2 Å². The Labute approximate surface area is 247 Å². The van der Waals surface area contributed by atoms with Gasteiger partial charge >= 0.3 is 0 Å². The van der Waals surface area contributed by atoms with Gasteiger partial charge < -0.3 is 19.7 Å². The van der Waals surface area contributed by atoms with E-state index in [1.54, 1.807) is 6.92 Å². The fourth-order valence-corrected chi connectivity index (χ4v) is 5.70. The molecule has 226 valence electrons. The number of hydrogen-bond donors (Lipinski definition) is 1. The van der Waals surface area contributed by atoms with Crippen LogP contribution in [0.3, 0.4) is 0 Å². The molecular formula is C31H38FN3O6S. The Morgan fingerprint density at radius 3 is 2.14 bits per heavy atom. The first-order valence-corrected chi connectivity index (χ1v) is 14.8. The fourth-order valence-electron chi connectivity index (χ4n) is 4.27. The topological polar surface area (TPSA) is 105 Å². The van der Waals surface area contributed by atoms with Crippen molar-refractivity contribution in [1.82, 2.24) is 10.2 Å². The van der Waals surface area contributed by atoms with Crippen molar-refractivity contribution in [3.63, 3.8) is 0 Å². The normalized spacial score (nSPS) is 12.3. The number of hydrogen-bond acceptors (Lipinski definition) is 6. The SMILES string of the molecule is COc1ccc(S(=O)(=O)N(CC(=O)N(Cc2ccccc2C)[C@H](C)C(=O)NC(C)(C)C)c2ccc(F)cc2)cc1OC. The van der Waals surface area contributed by atoms with Crippen LogP contribution in [0.4, 0.5) is 10.1 Å². The van der Waals surface area contributed by atoms with Gasteiger partial charge in [-0.2, -0.15) is 0 Å². The highest BCUT2D eigenvalue weighted by atomic mass is 32.2. The van der Waals surface area contributed by atoms with Gasteiger partial charge in [0.25, 0.3) is 10.0 Å². The van der Waals surface area contributed by atoms with Crippen molar-refractivity contribution in [2.24, 2.45) is 0 Å². The van der Waals surface area contributed by atoms with E-state index in [0.29, 0.717) is 5.75 Å². The number of benzene rings is 3. The van der Waals surface area contributed by atoms with Crippen LogP contribution in [0, 0.1) is 12.7 Å². The van der Waals surface area contributed by atoms with Gasteiger partial charge in [0.2, 0.25) is 11.8 Å². The zero-order chi connectivity index (χ0) is 31.2. The molecule has 0 fully saturated rings. The lowest BCUT2D eigenvalue weighted by Crippen LogP contribution is -2.54. The number of halogens is 1. The van der Waals surface area contributed by atoms with E-state index in [1.165, 1.54) is 49.5 Å². The van der Waals surface area contributed by atoms with Crippen molar-refractivity contribution >= 4 is 27.5 Å². The second-order valence-corrected chi connectivity index (χ2v) is 12.7. The molecule has 0 saturated heterocycles. The van der Waals surface area contributed by atoms with Crippen molar-refractivity contribution in [2.45, 2.75) is 57.6 Å². The molecule has 42 heavy (non-hydrogen) atoms. The third-order valence-corrected chi connectivity index (χ3v) is 8.37. The van der Waals surface area contributed by atoms with E-state index in [9.17, 15) is 22.4 Å². The average Bonchev–Trinajstić information content (AvgIpc) is 2.94. The van der Waals surface area contributed by atoms with Crippen molar-refractivity contribution in [1.29, 1.82) is 0 Å². The third kappa shape index (κ3) is 7.79. The Kier molecular flexibility index (Phi) is 10.2. The number of aryl methyl sites for hydroxylation is 1. The zero-order valence-electron chi connectivity index (χ0n) is 25.0. The van der Waals surface area contributed by atoms with E-state index in [-0.39, 0.29) is 28.8 Å². The first kappa shape index (κ1) is 32.4. The predicted molar refractivity (Wildman–Crippen MR) is 160 cm³/mol. The van der Waals surface area contributed by atoms with Gasteiger partial charge in [-0.05, 0) is 82.1 Å². The minimum Gasteiger partial charge on any atom is -0.493 e. The monoisotopic (exact) mass is 599 g/mol. The maximum Gasteiger partial charge on any atom is 0.264 e. The van der Waals surface area contributed by atoms with Gasteiger partial charge in [-0.15, -0.1) is 0 Å². The maximum atomic E-state index is 14.0. The summed E-state index contributed by atoms with van der Waals surface area (Å²) in [7, 11) is -1.58. The lowest BCUT2D eigenvalue weighted by Gasteiger charge is -2.33. The van der Waals surface area contributed by atoms with Crippen LogP contribution < -0.4 is 19.1 Å². The second kappa shape index (κ2) is 13.2. The number of amides is 2. The van der Waals surface area contributed by atoms with Gasteiger partial charge in [0.05, 0.1) is 24.8 Å². The summed E-state index contributed by atoms with van der Waals surface area (Å²) in [6.45, 7) is 8.40. The summed E-state index contributed by atoms with van der Waals surface area (Å²) in [6, 6.07) is 15.4. The maximum absolute atomic E-state index is 14.0. The first-order chi connectivity index (χ1) is 19.7. The lowest BCUT2D eigenvalue weighted by atomic mass is 10.1. The van der Waals surface area contributed by atoms with Crippen molar-refractivity contribution in [3.05, 3.63) is 83.7 Å². The molecule has 3 rings (SSSR count). The molecule has 0 heterocycles. The molecule has 0 aliphatic carbocycles. The number of ether oxygens (including phenoxy) is 2. The molecule has 0 saturated carbocycles. The summed E-state index contributed by atoms with van der Waals surface area (Å²) >= 11 is 0. The summed E-state index contributed by atoms with van der Waals surface area (Å²) in [4.78, 5) is 28.4. The zero-order valence-corrected chi connectivity index (χ0v) is 25.8. The largest absolute Gasteiger partial charge is 0.493 e. The highest BCUT2D eigenvalue weighted by Gasteiger charge is 2.34. The second-order valence-electron chi connectivity index (χ2n) is 10.9. The molecule has 3 aromatic carbocycles. The number of sulfonamides is 1. The van der Waals surface area contributed by atoms with Crippen molar-refractivity contribution in [2.75, 3.05) is 25.1 Å². The molecule has 11 heteroatoms. The summed E-state index contributed by atoms with van der Waals surface area (Å²) in [5.74, 6) is -1.08. The van der Waals surface area contributed by atoms with Crippen molar-refractivity contribution in [3.8, 4) is 11.5 Å². The minimum atomic E-state index is -4.38. The van der Waals surface area contributed by atoms with E-state index in [1.807, 2.05) is 52.0 Å². The molecule has 0 unspecified atom stereocenters. The molecule has 2 amide bonds. The highest BCUT2D eigenvalue weighted by Crippen LogP contribution is 2.32. The number of methoxy groups -OCH3 is 2. The van der Waals surface area contributed by atoms with Gasteiger partial charge in [0.15, 0.2) is 11.5 Å². The molecule has 1 N–H and O–H groups in total. The lowest BCUT2D eigenvalue weighted by molar-refractivity contribution is -0.140. The van der Waals surface area contributed by atoms with Crippen LogP contribution in [0.5, 0.6) is 11.5 Å². The van der Waals surface area contributed by atoms with Gasteiger partial charge in [0.1, 0.15) is 18.4 Å². The third-order valence-electron chi connectivity index (χ3n) is 6.60. The highest BCUT2D eigenvalue weighted by molar-refractivity contribution is 7.92. The smallest absolute Gasteiger partial charge is 0.264 e. The fraction of sp³-hybridized carbons (Fsp3) is 0.355. The summed E-state index contributed by atoms with van der Waals surface area (Å²) < 4.78 is 53.3. The summed E-state index contributed by atoms with van der Waals surface area (Å²) in [5, 5.41) is 2.89. The molecule has 1 atom stereocenters. The minimum absolute atomic E-state index is 0.0674. The molecule has 0 spiro atoms. The molecule has 0 aliphatic heterocycles. The van der Waals surface area contributed by atoms with E-state index < -0.39 is 39.9 Å². The summed E-state index contributed by atoms with van der Waals surface area (Å²) in [5.41, 5.74) is 1.23. The molecular weight excluding hydrogens is 561 g/mol. The van der Waals surface area contributed by atoms with E-state index in [2.05, 4.69) is 5.32 Å². The molecule has 0 aromatic heterocycles. The summed E-state index contributed by atoms with van der Waals surface area (Å²) in [6.07, 6.45) is 0.